The molecule has 2 aromatic carbocycles. The molecule has 0 saturated carbocycles. The van der Waals surface area contributed by atoms with E-state index in [1.165, 1.54) is 36.9 Å². The summed E-state index contributed by atoms with van der Waals surface area (Å²) in [5.41, 5.74) is 3.21. The Hall–Kier alpha value is -2.37. The Morgan fingerprint density at radius 3 is 2.24 bits per heavy atom. The fourth-order valence-electron chi connectivity index (χ4n) is 4.76. The zero-order chi connectivity index (χ0) is 23.6. The van der Waals surface area contributed by atoms with Gasteiger partial charge in [-0.25, -0.2) is 0 Å². The topological polar surface area (TPSA) is 36.0 Å². The number of amides is 1. The van der Waals surface area contributed by atoms with Crippen molar-refractivity contribution >= 4 is 5.91 Å². The lowest BCUT2D eigenvalue weighted by molar-refractivity contribution is 0.0773. The van der Waals surface area contributed by atoms with Crippen LogP contribution in [0.25, 0.3) is 0 Å². The highest BCUT2D eigenvalue weighted by atomic mass is 16.5. The zero-order valence-corrected chi connectivity index (χ0v) is 20.9. The summed E-state index contributed by atoms with van der Waals surface area (Å²) in [6.07, 6.45) is 3.87. The highest BCUT2D eigenvalue weighted by molar-refractivity contribution is 5.94. The molecule has 1 saturated heterocycles. The van der Waals surface area contributed by atoms with Crippen molar-refractivity contribution in [2.24, 2.45) is 0 Å². The van der Waals surface area contributed by atoms with Crippen molar-refractivity contribution < 1.29 is 9.53 Å². The molecule has 0 radical (unpaired) electrons. The highest BCUT2D eigenvalue weighted by Crippen LogP contribution is 2.32. The summed E-state index contributed by atoms with van der Waals surface area (Å²) in [6.45, 7) is 13.2. The van der Waals surface area contributed by atoms with E-state index in [-0.39, 0.29) is 11.9 Å². The van der Waals surface area contributed by atoms with Crippen molar-refractivity contribution in [2.45, 2.75) is 46.1 Å². The molecule has 1 amide bonds. The van der Waals surface area contributed by atoms with E-state index in [1.807, 2.05) is 36.9 Å². The highest BCUT2D eigenvalue weighted by Gasteiger charge is 2.27. The first kappa shape index (κ1) is 25.3. The van der Waals surface area contributed by atoms with Gasteiger partial charge in [0.25, 0.3) is 5.91 Å². The lowest BCUT2D eigenvalue weighted by Crippen LogP contribution is -2.48. The third-order valence-corrected chi connectivity index (χ3v) is 6.78. The van der Waals surface area contributed by atoms with Crippen molar-refractivity contribution in [3.05, 3.63) is 65.2 Å². The van der Waals surface area contributed by atoms with Crippen molar-refractivity contribution in [2.75, 3.05) is 52.9 Å². The monoisotopic (exact) mass is 451 g/mol. The SMILES string of the molecule is CCCCCN1CCN(C(c2ccc(C(=O)N(CC)CC)cc2)c2cccc(OC)c2)CC1. The number of hydrogen-bond acceptors (Lipinski definition) is 4. The van der Waals surface area contributed by atoms with Gasteiger partial charge in [-0.2, -0.15) is 0 Å². The molecule has 5 nitrogen and oxygen atoms in total. The van der Waals surface area contributed by atoms with Gasteiger partial charge in [-0.05, 0) is 62.2 Å². The molecule has 1 unspecified atom stereocenters. The van der Waals surface area contributed by atoms with Crippen LogP contribution in [0, 0.1) is 0 Å². The summed E-state index contributed by atoms with van der Waals surface area (Å²) in [5, 5.41) is 0. The maximum absolute atomic E-state index is 12.8. The van der Waals surface area contributed by atoms with E-state index < -0.39 is 0 Å². The van der Waals surface area contributed by atoms with Crippen LogP contribution >= 0.6 is 0 Å². The minimum atomic E-state index is 0.102. The van der Waals surface area contributed by atoms with Gasteiger partial charge in [-0.15, -0.1) is 0 Å². The maximum Gasteiger partial charge on any atom is 0.253 e. The molecular formula is C28H41N3O2. The number of ether oxygens (including phenoxy) is 1. The average Bonchev–Trinajstić information content (AvgIpc) is 2.86. The second-order valence-corrected chi connectivity index (χ2v) is 8.86. The van der Waals surface area contributed by atoms with Gasteiger partial charge in [-0.3, -0.25) is 9.69 Å². The lowest BCUT2D eigenvalue weighted by atomic mass is 9.95. The zero-order valence-electron chi connectivity index (χ0n) is 20.9. The summed E-state index contributed by atoms with van der Waals surface area (Å²) in [4.78, 5) is 19.8. The third-order valence-electron chi connectivity index (χ3n) is 6.78. The standard InChI is InChI=1S/C28H41N3O2/c1-5-8-9-17-29-18-20-31(21-19-29)27(25-11-10-12-26(22-25)33-4)23-13-15-24(16-14-23)28(32)30(6-2)7-3/h10-16,22,27H,5-9,17-21H2,1-4H3. The minimum Gasteiger partial charge on any atom is -0.497 e. The van der Waals surface area contributed by atoms with Gasteiger partial charge in [0.05, 0.1) is 13.2 Å². The predicted octanol–water partition coefficient (Wildman–Crippen LogP) is 5.07. The summed E-state index contributed by atoms with van der Waals surface area (Å²) in [6, 6.07) is 16.8. The normalized spacial score (nSPS) is 15.9. The molecular weight excluding hydrogens is 410 g/mol. The molecule has 3 rings (SSSR count). The van der Waals surface area contributed by atoms with Gasteiger partial charge >= 0.3 is 0 Å². The molecule has 1 aliphatic rings. The first-order chi connectivity index (χ1) is 16.1. The summed E-state index contributed by atoms with van der Waals surface area (Å²) < 4.78 is 5.52. The molecule has 5 heteroatoms. The molecule has 2 aromatic rings. The molecule has 1 aliphatic heterocycles. The third kappa shape index (κ3) is 6.58. The largest absolute Gasteiger partial charge is 0.497 e. The number of piperazine rings is 1. The molecule has 1 fully saturated rings. The minimum absolute atomic E-state index is 0.102. The molecule has 0 N–H and O–H groups in total. The van der Waals surface area contributed by atoms with E-state index in [0.29, 0.717) is 0 Å². The molecule has 1 heterocycles. The number of hydrogen-bond donors (Lipinski definition) is 0. The van der Waals surface area contributed by atoms with Crippen LogP contribution in [-0.2, 0) is 0 Å². The van der Waals surface area contributed by atoms with Crippen LogP contribution in [0.4, 0.5) is 0 Å². The maximum atomic E-state index is 12.8. The van der Waals surface area contributed by atoms with Gasteiger partial charge in [0, 0.05) is 44.8 Å². The summed E-state index contributed by atoms with van der Waals surface area (Å²) >= 11 is 0. The fraction of sp³-hybridized carbons (Fsp3) is 0.536. The van der Waals surface area contributed by atoms with Crippen LogP contribution in [0.15, 0.2) is 48.5 Å². The smallest absolute Gasteiger partial charge is 0.253 e. The van der Waals surface area contributed by atoms with E-state index >= 15 is 0 Å². The molecule has 0 spiro atoms. The van der Waals surface area contributed by atoms with E-state index in [1.54, 1.807) is 7.11 Å². The Bertz CT molecular complexity index is 856. The molecule has 180 valence electrons. The Morgan fingerprint density at radius 2 is 1.64 bits per heavy atom. The lowest BCUT2D eigenvalue weighted by Gasteiger charge is -2.40. The fourth-order valence-corrected chi connectivity index (χ4v) is 4.76. The average molecular weight is 452 g/mol. The van der Waals surface area contributed by atoms with Gasteiger partial charge in [0.2, 0.25) is 0 Å². The van der Waals surface area contributed by atoms with Crippen molar-refractivity contribution in [1.29, 1.82) is 0 Å². The number of benzene rings is 2. The Balaban J connectivity index is 1.82. The van der Waals surface area contributed by atoms with Crippen LogP contribution in [-0.4, -0.2) is 73.5 Å². The van der Waals surface area contributed by atoms with Gasteiger partial charge in [0.1, 0.15) is 5.75 Å². The quantitative estimate of drug-likeness (QED) is 0.447. The van der Waals surface area contributed by atoms with Crippen molar-refractivity contribution in [1.82, 2.24) is 14.7 Å². The Labute approximate surface area is 200 Å². The van der Waals surface area contributed by atoms with E-state index in [9.17, 15) is 4.79 Å². The van der Waals surface area contributed by atoms with Gasteiger partial charge in [0.15, 0.2) is 0 Å². The van der Waals surface area contributed by atoms with E-state index in [2.05, 4.69) is 47.1 Å². The van der Waals surface area contributed by atoms with Crippen molar-refractivity contribution in [3.8, 4) is 5.75 Å². The van der Waals surface area contributed by atoms with Crippen LogP contribution in [0.5, 0.6) is 5.75 Å². The molecule has 0 aliphatic carbocycles. The van der Waals surface area contributed by atoms with E-state index in [0.717, 1.165) is 50.6 Å². The number of rotatable bonds is 11. The molecule has 33 heavy (non-hydrogen) atoms. The first-order valence-corrected chi connectivity index (χ1v) is 12.6. The number of nitrogens with zero attached hydrogens (tertiary/aromatic N) is 3. The van der Waals surface area contributed by atoms with Crippen LogP contribution in [0.3, 0.4) is 0 Å². The molecule has 0 bridgehead atoms. The molecule has 0 aromatic heterocycles. The second-order valence-electron chi connectivity index (χ2n) is 8.86. The number of carbonyl (C=O) groups is 1. The molecule has 1 atom stereocenters. The van der Waals surface area contributed by atoms with Crippen LogP contribution < -0.4 is 4.74 Å². The van der Waals surface area contributed by atoms with Gasteiger partial charge < -0.3 is 14.5 Å². The number of methoxy groups -OCH3 is 1. The summed E-state index contributed by atoms with van der Waals surface area (Å²) in [5.74, 6) is 0.981. The predicted molar refractivity (Wildman–Crippen MR) is 136 cm³/mol. The first-order valence-electron chi connectivity index (χ1n) is 12.6. The Morgan fingerprint density at radius 1 is 0.939 bits per heavy atom. The second kappa shape index (κ2) is 12.8. The van der Waals surface area contributed by atoms with Gasteiger partial charge in [-0.1, -0.05) is 44.0 Å². The number of unbranched alkanes of at least 4 members (excludes halogenated alkanes) is 2. The Kier molecular flexibility index (Phi) is 9.76. The van der Waals surface area contributed by atoms with Crippen molar-refractivity contribution in [3.63, 3.8) is 0 Å². The van der Waals surface area contributed by atoms with Crippen LogP contribution in [0.1, 0.15) is 67.6 Å². The van der Waals surface area contributed by atoms with E-state index in [4.69, 9.17) is 4.74 Å². The van der Waals surface area contributed by atoms with Crippen LogP contribution in [0.2, 0.25) is 0 Å². The number of carbonyl (C=O) groups excluding carboxylic acids is 1. The summed E-state index contributed by atoms with van der Waals surface area (Å²) in [7, 11) is 1.72.